The molecule has 0 amide bonds. The molecule has 5 nitrogen and oxygen atoms in total. The molecular weight excluding hydrogens is 386 g/mol. The monoisotopic (exact) mass is 421 g/mol. The molecule has 0 aliphatic heterocycles. The van der Waals surface area contributed by atoms with Crippen molar-refractivity contribution in [3.05, 3.63) is 18.0 Å². The summed E-state index contributed by atoms with van der Waals surface area (Å²) < 4.78 is 1.67. The number of carbonyl (C=O) groups is 1. The van der Waals surface area contributed by atoms with Crippen LogP contribution in [0.25, 0.3) is 0 Å². The van der Waals surface area contributed by atoms with E-state index in [0.29, 0.717) is 35.6 Å². The molecule has 1 aromatic rings. The van der Waals surface area contributed by atoms with Crippen LogP contribution in [0.4, 0.5) is 0 Å². The number of nitriles is 1. The van der Waals surface area contributed by atoms with Crippen LogP contribution in [0.5, 0.6) is 0 Å². The van der Waals surface area contributed by atoms with Crippen molar-refractivity contribution < 1.29 is 9.90 Å². The van der Waals surface area contributed by atoms with Crippen LogP contribution in [0.1, 0.15) is 77.2 Å². The maximum atomic E-state index is 13.6. The topological polar surface area (TPSA) is 78.9 Å². The molecule has 1 N–H and O–H groups in total. The molecule has 0 saturated heterocycles. The molecule has 5 aliphatic rings. The number of aromatic nitrogens is 2. The molecule has 1 aromatic heterocycles. The minimum Gasteiger partial charge on any atom is -0.390 e. The lowest BCUT2D eigenvalue weighted by atomic mass is 9.47. The number of aliphatic hydroxyl groups is 1. The highest BCUT2D eigenvalue weighted by Gasteiger charge is 2.77. The molecule has 5 fully saturated rings. The van der Waals surface area contributed by atoms with Gasteiger partial charge in [0.15, 0.2) is 5.78 Å². The van der Waals surface area contributed by atoms with Crippen LogP contribution in [0.3, 0.4) is 0 Å². The van der Waals surface area contributed by atoms with E-state index in [1.807, 2.05) is 6.92 Å². The van der Waals surface area contributed by atoms with Crippen LogP contribution in [0, 0.1) is 57.7 Å². The molecule has 0 spiro atoms. The van der Waals surface area contributed by atoms with E-state index in [1.54, 1.807) is 17.1 Å². The number of Topliss-reactive ketones (excluding diaryl/α,β-unsaturated/α-hetero) is 1. The molecule has 31 heavy (non-hydrogen) atoms. The average molecular weight is 422 g/mol. The lowest BCUT2D eigenvalue weighted by molar-refractivity contribution is -0.139. The third-order valence-electron chi connectivity index (χ3n) is 10.9. The van der Waals surface area contributed by atoms with E-state index in [4.69, 9.17) is 5.26 Å². The highest BCUT2D eigenvalue weighted by Crippen LogP contribution is 2.80. The summed E-state index contributed by atoms with van der Waals surface area (Å²) in [5.74, 6) is 4.68. The van der Waals surface area contributed by atoms with Gasteiger partial charge in [-0.1, -0.05) is 6.92 Å². The van der Waals surface area contributed by atoms with Crippen LogP contribution < -0.4 is 0 Å². The Morgan fingerprint density at radius 3 is 2.77 bits per heavy atom. The SMILES string of the molecule is C[C@@]1(O)CC[C@H]2[C@H](CC[C@@H]3[C@@H]2CC[C@@]2(C)[C@H]3CC3C[C@]32C(=O)Cn2cc(C#N)cn2)C1. The first-order valence-corrected chi connectivity index (χ1v) is 12.5. The van der Waals surface area contributed by atoms with Gasteiger partial charge in [0.05, 0.1) is 17.4 Å². The van der Waals surface area contributed by atoms with Crippen molar-refractivity contribution in [1.82, 2.24) is 9.78 Å². The van der Waals surface area contributed by atoms with Crippen molar-refractivity contribution in [3.8, 4) is 6.07 Å². The van der Waals surface area contributed by atoms with Gasteiger partial charge < -0.3 is 5.11 Å². The summed E-state index contributed by atoms with van der Waals surface area (Å²) in [6.45, 7) is 4.79. The predicted molar refractivity (Wildman–Crippen MR) is 116 cm³/mol. The zero-order valence-electron chi connectivity index (χ0n) is 18.9. The molecule has 1 heterocycles. The molecule has 1 unspecified atom stereocenters. The van der Waals surface area contributed by atoms with Gasteiger partial charge in [-0.3, -0.25) is 9.48 Å². The molecule has 5 aliphatic carbocycles. The van der Waals surface area contributed by atoms with Gasteiger partial charge in [-0.15, -0.1) is 0 Å². The lowest BCUT2D eigenvalue weighted by Gasteiger charge is -2.57. The summed E-state index contributed by atoms with van der Waals surface area (Å²) in [7, 11) is 0. The molecule has 5 heteroatoms. The van der Waals surface area contributed by atoms with E-state index in [1.165, 1.54) is 38.5 Å². The summed E-state index contributed by atoms with van der Waals surface area (Å²) in [5.41, 5.74) is 0.0558. The van der Waals surface area contributed by atoms with Gasteiger partial charge in [-0.2, -0.15) is 10.4 Å². The Balaban J connectivity index is 1.23. The summed E-state index contributed by atoms with van der Waals surface area (Å²) >= 11 is 0. The second kappa shape index (κ2) is 6.44. The summed E-state index contributed by atoms with van der Waals surface area (Å²) in [5, 5.41) is 23.9. The third-order valence-corrected chi connectivity index (χ3v) is 10.9. The minimum absolute atomic E-state index is 0.133. The molecule has 5 saturated carbocycles. The summed E-state index contributed by atoms with van der Waals surface area (Å²) in [6, 6.07) is 2.11. The van der Waals surface area contributed by atoms with Gasteiger partial charge >= 0.3 is 0 Å². The fraction of sp³-hybridized carbons (Fsp3) is 0.808. The number of ketones is 1. The van der Waals surface area contributed by atoms with Crippen molar-refractivity contribution >= 4 is 5.78 Å². The number of carbonyl (C=O) groups excluding carboxylic acids is 1. The lowest BCUT2D eigenvalue weighted by Crippen LogP contribution is -2.52. The molecule has 9 atom stereocenters. The Labute approximate surface area is 185 Å². The largest absolute Gasteiger partial charge is 0.390 e. The molecule has 0 aromatic carbocycles. The Kier molecular flexibility index (Phi) is 4.15. The second-order valence-electron chi connectivity index (χ2n) is 12.2. The number of rotatable bonds is 3. The number of hydrogen-bond donors (Lipinski definition) is 1. The minimum atomic E-state index is -0.458. The number of fused-ring (bicyclic) bond motifs is 7. The van der Waals surface area contributed by atoms with Crippen LogP contribution in [0.15, 0.2) is 12.4 Å². The van der Waals surface area contributed by atoms with Crippen molar-refractivity contribution in [3.63, 3.8) is 0 Å². The normalized spacial score (nSPS) is 49.9. The highest BCUT2D eigenvalue weighted by molar-refractivity contribution is 5.89. The quantitative estimate of drug-likeness (QED) is 0.787. The maximum absolute atomic E-state index is 13.6. The first kappa shape index (κ1) is 20.0. The van der Waals surface area contributed by atoms with Gasteiger partial charge in [0, 0.05) is 11.6 Å². The van der Waals surface area contributed by atoms with Crippen molar-refractivity contribution in [2.75, 3.05) is 0 Å². The summed E-state index contributed by atoms with van der Waals surface area (Å²) in [6.07, 6.45) is 13.7. The van der Waals surface area contributed by atoms with Gasteiger partial charge in [0.1, 0.15) is 12.6 Å². The van der Waals surface area contributed by atoms with Gasteiger partial charge in [-0.05, 0) is 106 Å². The van der Waals surface area contributed by atoms with Gasteiger partial charge in [0.2, 0.25) is 0 Å². The Hall–Kier alpha value is -1.67. The highest BCUT2D eigenvalue weighted by atomic mass is 16.3. The maximum Gasteiger partial charge on any atom is 0.161 e. The van der Waals surface area contributed by atoms with E-state index >= 15 is 0 Å². The van der Waals surface area contributed by atoms with Crippen molar-refractivity contribution in [2.24, 2.45) is 46.3 Å². The van der Waals surface area contributed by atoms with E-state index in [2.05, 4.69) is 18.1 Å². The summed E-state index contributed by atoms with van der Waals surface area (Å²) in [4.78, 5) is 13.6. The smallest absolute Gasteiger partial charge is 0.161 e. The first-order valence-electron chi connectivity index (χ1n) is 12.5. The molecule has 0 radical (unpaired) electrons. The van der Waals surface area contributed by atoms with Crippen LogP contribution in [-0.2, 0) is 11.3 Å². The van der Waals surface area contributed by atoms with E-state index in [0.717, 1.165) is 37.0 Å². The number of hydrogen-bond acceptors (Lipinski definition) is 4. The molecule has 166 valence electrons. The second-order valence-corrected chi connectivity index (χ2v) is 12.2. The zero-order valence-corrected chi connectivity index (χ0v) is 18.9. The molecule has 6 rings (SSSR count). The fourth-order valence-corrected chi connectivity index (χ4v) is 9.47. The Morgan fingerprint density at radius 1 is 1.19 bits per heavy atom. The van der Waals surface area contributed by atoms with Crippen molar-refractivity contribution in [1.29, 1.82) is 5.26 Å². The van der Waals surface area contributed by atoms with Gasteiger partial charge in [0.25, 0.3) is 0 Å². The van der Waals surface area contributed by atoms with E-state index in [-0.39, 0.29) is 10.8 Å². The van der Waals surface area contributed by atoms with Crippen LogP contribution in [0.2, 0.25) is 0 Å². The first-order chi connectivity index (χ1) is 14.8. The number of nitrogens with zero attached hydrogens (tertiary/aromatic N) is 3. The van der Waals surface area contributed by atoms with Crippen LogP contribution >= 0.6 is 0 Å². The fourth-order valence-electron chi connectivity index (χ4n) is 9.47. The van der Waals surface area contributed by atoms with Crippen LogP contribution in [-0.4, -0.2) is 26.3 Å². The average Bonchev–Trinajstić information content (AvgIpc) is 3.20. The Bertz CT molecular complexity index is 960. The van der Waals surface area contributed by atoms with Gasteiger partial charge in [-0.25, -0.2) is 0 Å². The van der Waals surface area contributed by atoms with E-state index < -0.39 is 5.60 Å². The third kappa shape index (κ3) is 2.70. The van der Waals surface area contributed by atoms with E-state index in [9.17, 15) is 9.90 Å². The molecule has 0 bridgehead atoms. The molecular formula is C26H35N3O2. The standard InChI is InChI=1S/C26H35N3O2/c1-24(31)7-5-19-17(10-24)3-4-21-20(19)6-8-25(2)22(21)9-18-11-26(18,25)23(30)15-29-14-16(12-27)13-28-29/h13-14,17-22,31H,3-11,15H2,1-2H3/t17-,18?,19+,20-,21-,22+,24-,25+,26-/m1/s1. The predicted octanol–water partition coefficient (Wildman–Crippen LogP) is 4.34. The zero-order chi connectivity index (χ0) is 21.6. The van der Waals surface area contributed by atoms with Crippen molar-refractivity contribution in [2.45, 2.75) is 83.8 Å². The Morgan fingerprint density at radius 2 is 2.00 bits per heavy atom.